The lowest BCUT2D eigenvalue weighted by atomic mass is 9.84. The topological polar surface area (TPSA) is 91.5 Å². The number of hydrogen-bond acceptors (Lipinski definition) is 4. The van der Waals surface area contributed by atoms with Gasteiger partial charge < -0.3 is 19.9 Å². The summed E-state index contributed by atoms with van der Waals surface area (Å²) < 4.78 is 5.65. The minimum atomic E-state index is -0.688. The molecule has 1 aromatic heterocycles. The van der Waals surface area contributed by atoms with Crippen molar-refractivity contribution in [1.29, 1.82) is 0 Å². The fourth-order valence-electron chi connectivity index (χ4n) is 5.34. The number of hydrogen-bond donors (Lipinski definition) is 2. The molecule has 4 atom stereocenters. The molecule has 1 aliphatic heterocycles. The van der Waals surface area contributed by atoms with Gasteiger partial charge in [-0.3, -0.25) is 9.59 Å². The maximum atomic E-state index is 13.8. The van der Waals surface area contributed by atoms with Crippen LogP contribution in [0.25, 0.3) is 10.9 Å². The first kappa shape index (κ1) is 22.8. The van der Waals surface area contributed by atoms with E-state index in [0.717, 1.165) is 47.8 Å². The molecule has 2 N–H and O–H groups in total. The summed E-state index contributed by atoms with van der Waals surface area (Å²) in [4.78, 5) is 44.0. The normalized spacial score (nSPS) is 23.8. The zero-order valence-corrected chi connectivity index (χ0v) is 20.3. The minimum absolute atomic E-state index is 0.0587. The SMILES string of the molecule is COC(=O)N[C@H](C(=O)N1[C@H](c2cc(=O)c3ccc(Br)cc3[nH]2)C[C@@H]2CCCC[C@@H]21)C(C)C. The number of pyridine rings is 1. The molecular formula is C24H30BrN3O4. The predicted molar refractivity (Wildman–Crippen MR) is 126 cm³/mol. The fraction of sp³-hybridized carbons (Fsp3) is 0.542. The van der Waals surface area contributed by atoms with Crippen LogP contribution in [-0.4, -0.2) is 41.1 Å². The van der Waals surface area contributed by atoms with Crippen LogP contribution in [-0.2, 0) is 9.53 Å². The second kappa shape index (κ2) is 9.25. The summed E-state index contributed by atoms with van der Waals surface area (Å²) in [7, 11) is 1.30. The first-order valence-corrected chi connectivity index (χ1v) is 12.1. The van der Waals surface area contributed by atoms with Gasteiger partial charge in [-0.25, -0.2) is 4.79 Å². The molecule has 4 rings (SSSR count). The molecule has 0 spiro atoms. The number of carbonyl (C=O) groups is 2. The van der Waals surface area contributed by atoms with Crippen molar-refractivity contribution < 1.29 is 14.3 Å². The van der Waals surface area contributed by atoms with Gasteiger partial charge in [0.1, 0.15) is 6.04 Å². The number of carbonyl (C=O) groups excluding carboxylic acids is 2. The van der Waals surface area contributed by atoms with E-state index >= 15 is 0 Å². The number of H-pyrrole nitrogens is 1. The highest BCUT2D eigenvalue weighted by molar-refractivity contribution is 9.10. The number of halogens is 1. The lowest BCUT2D eigenvalue weighted by molar-refractivity contribution is -0.138. The quantitative estimate of drug-likeness (QED) is 0.642. The van der Waals surface area contributed by atoms with Crippen molar-refractivity contribution >= 4 is 38.8 Å². The highest BCUT2D eigenvalue weighted by Crippen LogP contribution is 2.46. The number of benzene rings is 1. The molecule has 1 aliphatic carbocycles. The van der Waals surface area contributed by atoms with E-state index in [1.807, 2.05) is 30.9 Å². The van der Waals surface area contributed by atoms with Crippen molar-refractivity contribution in [3.05, 3.63) is 44.7 Å². The highest BCUT2D eigenvalue weighted by atomic mass is 79.9. The lowest BCUT2D eigenvalue weighted by Crippen LogP contribution is -2.53. The molecule has 2 heterocycles. The van der Waals surface area contributed by atoms with Crippen LogP contribution < -0.4 is 10.7 Å². The van der Waals surface area contributed by atoms with Gasteiger partial charge in [0.15, 0.2) is 5.43 Å². The van der Waals surface area contributed by atoms with Gasteiger partial charge in [0.2, 0.25) is 5.91 Å². The average Bonchev–Trinajstić information content (AvgIpc) is 3.15. The van der Waals surface area contributed by atoms with Gasteiger partial charge in [0, 0.05) is 27.7 Å². The van der Waals surface area contributed by atoms with Crippen molar-refractivity contribution in [3.8, 4) is 0 Å². The van der Waals surface area contributed by atoms with Crippen molar-refractivity contribution in [3.63, 3.8) is 0 Å². The van der Waals surface area contributed by atoms with Crippen molar-refractivity contribution in [1.82, 2.24) is 15.2 Å². The number of likely N-dealkylation sites (tertiary alicyclic amines) is 1. The molecule has 1 saturated heterocycles. The first-order chi connectivity index (χ1) is 15.3. The molecule has 0 radical (unpaired) electrons. The summed E-state index contributed by atoms with van der Waals surface area (Å²) in [6, 6.07) is 6.38. The van der Waals surface area contributed by atoms with E-state index in [0.29, 0.717) is 11.3 Å². The van der Waals surface area contributed by atoms with E-state index in [9.17, 15) is 14.4 Å². The Labute approximate surface area is 196 Å². The molecule has 2 fully saturated rings. The van der Waals surface area contributed by atoms with Crippen LogP contribution in [0.3, 0.4) is 0 Å². The molecule has 1 aromatic carbocycles. The van der Waals surface area contributed by atoms with Gasteiger partial charge in [-0.2, -0.15) is 0 Å². The molecule has 32 heavy (non-hydrogen) atoms. The molecule has 2 aromatic rings. The third kappa shape index (κ3) is 4.29. The van der Waals surface area contributed by atoms with Crippen LogP contribution in [0.1, 0.15) is 57.7 Å². The summed E-state index contributed by atoms with van der Waals surface area (Å²) in [6.07, 6.45) is 4.46. The van der Waals surface area contributed by atoms with E-state index in [4.69, 9.17) is 4.74 Å². The fourth-order valence-corrected chi connectivity index (χ4v) is 5.70. The molecule has 2 amide bonds. The number of fused-ring (bicyclic) bond motifs is 2. The van der Waals surface area contributed by atoms with E-state index in [1.165, 1.54) is 7.11 Å². The first-order valence-electron chi connectivity index (χ1n) is 11.3. The molecule has 0 unspecified atom stereocenters. The highest BCUT2D eigenvalue weighted by Gasteiger charge is 2.47. The second-order valence-electron chi connectivity index (χ2n) is 9.25. The van der Waals surface area contributed by atoms with Crippen LogP contribution in [0, 0.1) is 11.8 Å². The van der Waals surface area contributed by atoms with E-state index in [-0.39, 0.29) is 29.3 Å². The van der Waals surface area contributed by atoms with Crippen LogP contribution in [0.2, 0.25) is 0 Å². The zero-order valence-electron chi connectivity index (χ0n) is 18.7. The maximum Gasteiger partial charge on any atom is 0.407 e. The molecule has 7 nitrogen and oxygen atoms in total. The van der Waals surface area contributed by atoms with Crippen LogP contribution in [0.4, 0.5) is 4.79 Å². The number of nitrogens with zero attached hydrogens (tertiary/aromatic N) is 1. The Morgan fingerprint density at radius 2 is 1.97 bits per heavy atom. The monoisotopic (exact) mass is 503 g/mol. The number of alkyl carbamates (subject to hydrolysis) is 1. The smallest absolute Gasteiger partial charge is 0.407 e. The predicted octanol–water partition coefficient (Wildman–Crippen LogP) is 4.50. The Kier molecular flexibility index (Phi) is 6.60. The Morgan fingerprint density at radius 3 is 2.69 bits per heavy atom. The summed E-state index contributed by atoms with van der Waals surface area (Å²) in [5.74, 6) is 0.182. The third-order valence-corrected chi connectivity index (χ3v) is 7.40. The largest absolute Gasteiger partial charge is 0.453 e. The Hall–Kier alpha value is -2.35. The number of methoxy groups -OCH3 is 1. The molecule has 2 aliphatic rings. The van der Waals surface area contributed by atoms with Crippen molar-refractivity contribution in [2.75, 3.05) is 7.11 Å². The number of nitrogens with one attached hydrogen (secondary N) is 2. The number of ether oxygens (including phenoxy) is 1. The lowest BCUT2D eigenvalue weighted by Gasteiger charge is -2.37. The standard InChI is InChI=1S/C24H30BrN3O4/c1-13(2)22(27-24(31)32-3)23(30)28-19-7-5-4-6-14(19)10-20(28)18-12-21(29)16-9-8-15(25)11-17(16)26-18/h8-9,11-14,19-20,22H,4-7,10H2,1-3H3,(H,26,29)(H,27,31)/t14-,19-,20-,22-/m0/s1. The molecule has 172 valence electrons. The minimum Gasteiger partial charge on any atom is -0.453 e. The molecular weight excluding hydrogens is 474 g/mol. The third-order valence-electron chi connectivity index (χ3n) is 6.91. The second-order valence-corrected chi connectivity index (χ2v) is 10.2. The van der Waals surface area contributed by atoms with E-state index < -0.39 is 12.1 Å². The number of amides is 2. The zero-order chi connectivity index (χ0) is 23.0. The van der Waals surface area contributed by atoms with Gasteiger partial charge >= 0.3 is 6.09 Å². The Morgan fingerprint density at radius 1 is 1.22 bits per heavy atom. The molecule has 8 heteroatoms. The maximum absolute atomic E-state index is 13.8. The van der Waals surface area contributed by atoms with Gasteiger partial charge in [0.25, 0.3) is 0 Å². The summed E-state index contributed by atoms with van der Waals surface area (Å²) in [6.45, 7) is 3.83. The van der Waals surface area contributed by atoms with Crippen molar-refractivity contribution in [2.24, 2.45) is 11.8 Å². The summed E-state index contributed by atoms with van der Waals surface area (Å²) in [5.41, 5.74) is 1.44. The van der Waals surface area contributed by atoms with Gasteiger partial charge in [0.05, 0.1) is 18.7 Å². The van der Waals surface area contributed by atoms with E-state index in [1.54, 1.807) is 12.1 Å². The average molecular weight is 504 g/mol. The van der Waals surface area contributed by atoms with Gasteiger partial charge in [-0.1, -0.05) is 42.6 Å². The van der Waals surface area contributed by atoms with Crippen LogP contribution in [0.15, 0.2) is 33.5 Å². The summed E-state index contributed by atoms with van der Waals surface area (Å²) in [5, 5.41) is 3.35. The Bertz CT molecular complexity index is 1080. The van der Waals surface area contributed by atoms with Gasteiger partial charge in [-0.15, -0.1) is 0 Å². The molecule has 1 saturated carbocycles. The number of rotatable bonds is 4. The van der Waals surface area contributed by atoms with Crippen LogP contribution >= 0.6 is 15.9 Å². The number of aromatic amines is 1. The Balaban J connectivity index is 1.76. The van der Waals surface area contributed by atoms with Crippen LogP contribution in [0.5, 0.6) is 0 Å². The summed E-state index contributed by atoms with van der Waals surface area (Å²) >= 11 is 3.48. The van der Waals surface area contributed by atoms with Crippen molar-refractivity contribution in [2.45, 2.75) is 64.1 Å². The van der Waals surface area contributed by atoms with E-state index in [2.05, 4.69) is 26.2 Å². The molecule has 0 bridgehead atoms. The number of aromatic nitrogens is 1. The van der Waals surface area contributed by atoms with Gasteiger partial charge in [-0.05, 0) is 49.3 Å².